The number of carbonyl (C=O) groups is 3. The zero-order chi connectivity index (χ0) is 18.2. The third-order valence-corrected chi connectivity index (χ3v) is 3.45. The van der Waals surface area contributed by atoms with Crippen molar-refractivity contribution in [2.24, 2.45) is 0 Å². The zero-order valence-corrected chi connectivity index (χ0v) is 14.3. The third-order valence-electron chi connectivity index (χ3n) is 3.20. The van der Waals surface area contributed by atoms with E-state index in [0.717, 1.165) is 5.56 Å². The SMILES string of the molecule is Cc1ccc(NC(=O)COC(=O)CNC(=O)c2ccc(Cl)cc2)cc1. The molecule has 7 heteroatoms. The minimum absolute atomic E-state index is 0.334. The van der Waals surface area contributed by atoms with Gasteiger partial charge in [0.15, 0.2) is 6.61 Å². The molecule has 2 rings (SSSR count). The Hall–Kier alpha value is -2.86. The van der Waals surface area contributed by atoms with Gasteiger partial charge in [0.2, 0.25) is 0 Å². The molecule has 0 saturated carbocycles. The Morgan fingerprint density at radius 3 is 2.28 bits per heavy atom. The molecule has 0 aliphatic carbocycles. The van der Waals surface area contributed by atoms with Crippen LogP contribution in [-0.4, -0.2) is 30.9 Å². The van der Waals surface area contributed by atoms with Crippen LogP contribution in [0.1, 0.15) is 15.9 Å². The lowest BCUT2D eigenvalue weighted by atomic mass is 10.2. The maximum Gasteiger partial charge on any atom is 0.325 e. The number of hydrogen-bond acceptors (Lipinski definition) is 4. The number of nitrogens with one attached hydrogen (secondary N) is 2. The van der Waals surface area contributed by atoms with Crippen molar-refractivity contribution in [3.63, 3.8) is 0 Å². The van der Waals surface area contributed by atoms with Gasteiger partial charge in [-0.25, -0.2) is 0 Å². The Balaban J connectivity index is 1.71. The fourth-order valence-corrected chi connectivity index (χ4v) is 2.01. The molecule has 0 atom stereocenters. The Morgan fingerprint density at radius 2 is 1.64 bits per heavy atom. The third kappa shape index (κ3) is 6.27. The van der Waals surface area contributed by atoms with E-state index in [2.05, 4.69) is 10.6 Å². The van der Waals surface area contributed by atoms with E-state index < -0.39 is 24.4 Å². The first-order valence-corrected chi connectivity index (χ1v) is 7.88. The summed E-state index contributed by atoms with van der Waals surface area (Å²) < 4.78 is 4.82. The Bertz CT molecular complexity index is 758. The van der Waals surface area contributed by atoms with Gasteiger partial charge in [0, 0.05) is 16.3 Å². The summed E-state index contributed by atoms with van der Waals surface area (Å²) in [5.74, 6) is -1.60. The number of halogens is 1. The lowest BCUT2D eigenvalue weighted by Gasteiger charge is -2.08. The molecule has 0 fully saturated rings. The number of esters is 1. The molecule has 0 aliphatic heterocycles. The molecule has 2 N–H and O–H groups in total. The minimum atomic E-state index is -0.707. The zero-order valence-electron chi connectivity index (χ0n) is 13.5. The van der Waals surface area contributed by atoms with Crippen LogP contribution in [0.2, 0.25) is 5.02 Å². The Kier molecular flexibility index (Phi) is 6.54. The highest BCUT2D eigenvalue weighted by Crippen LogP contribution is 2.09. The van der Waals surface area contributed by atoms with E-state index in [1.807, 2.05) is 19.1 Å². The molecule has 0 aliphatic rings. The van der Waals surface area contributed by atoms with Crippen LogP contribution in [0.5, 0.6) is 0 Å². The van der Waals surface area contributed by atoms with Gasteiger partial charge in [-0.3, -0.25) is 14.4 Å². The van der Waals surface area contributed by atoms with E-state index in [1.165, 1.54) is 12.1 Å². The summed E-state index contributed by atoms with van der Waals surface area (Å²) >= 11 is 5.74. The molecule has 2 aromatic carbocycles. The van der Waals surface area contributed by atoms with Crippen molar-refractivity contribution in [1.82, 2.24) is 5.32 Å². The van der Waals surface area contributed by atoms with Crippen LogP contribution in [0.25, 0.3) is 0 Å². The first kappa shape index (κ1) is 18.5. The fourth-order valence-electron chi connectivity index (χ4n) is 1.89. The second-order valence-electron chi connectivity index (χ2n) is 5.26. The topological polar surface area (TPSA) is 84.5 Å². The van der Waals surface area contributed by atoms with Crippen molar-refractivity contribution in [1.29, 1.82) is 0 Å². The number of amides is 2. The second-order valence-corrected chi connectivity index (χ2v) is 5.70. The van der Waals surface area contributed by atoms with Gasteiger partial charge in [-0.2, -0.15) is 0 Å². The van der Waals surface area contributed by atoms with Gasteiger partial charge in [0.1, 0.15) is 6.54 Å². The van der Waals surface area contributed by atoms with Crippen LogP contribution < -0.4 is 10.6 Å². The number of carbonyl (C=O) groups excluding carboxylic acids is 3. The van der Waals surface area contributed by atoms with E-state index >= 15 is 0 Å². The van der Waals surface area contributed by atoms with Crippen molar-refractivity contribution >= 4 is 35.1 Å². The van der Waals surface area contributed by atoms with Gasteiger partial charge in [-0.15, -0.1) is 0 Å². The van der Waals surface area contributed by atoms with Crippen LogP contribution in [0.4, 0.5) is 5.69 Å². The first-order chi connectivity index (χ1) is 11.9. The van der Waals surface area contributed by atoms with E-state index in [1.54, 1.807) is 24.3 Å². The van der Waals surface area contributed by atoms with E-state index in [4.69, 9.17) is 16.3 Å². The van der Waals surface area contributed by atoms with Crippen LogP contribution in [0.15, 0.2) is 48.5 Å². The van der Waals surface area contributed by atoms with E-state index in [0.29, 0.717) is 16.3 Å². The normalized spacial score (nSPS) is 10.0. The molecule has 0 unspecified atom stereocenters. The molecule has 0 heterocycles. The van der Waals surface area contributed by atoms with Crippen LogP contribution >= 0.6 is 11.6 Å². The van der Waals surface area contributed by atoms with E-state index in [-0.39, 0.29) is 6.54 Å². The largest absolute Gasteiger partial charge is 0.454 e. The summed E-state index contributed by atoms with van der Waals surface area (Å²) in [7, 11) is 0. The fraction of sp³-hybridized carbons (Fsp3) is 0.167. The standard InChI is InChI=1S/C18H17ClN2O4/c1-12-2-8-15(9-3-12)21-16(22)11-25-17(23)10-20-18(24)13-4-6-14(19)7-5-13/h2-9H,10-11H2,1H3,(H,20,24)(H,21,22). The van der Waals surface area contributed by atoms with Gasteiger partial charge in [0.05, 0.1) is 0 Å². The quantitative estimate of drug-likeness (QED) is 0.775. The summed E-state index contributed by atoms with van der Waals surface area (Å²) in [5.41, 5.74) is 2.05. The molecule has 2 aromatic rings. The van der Waals surface area contributed by atoms with Gasteiger partial charge in [-0.05, 0) is 43.3 Å². The summed E-state index contributed by atoms with van der Waals surface area (Å²) in [6.45, 7) is 1.18. The molecular formula is C18H17ClN2O4. The lowest BCUT2D eigenvalue weighted by molar-refractivity contribution is -0.146. The van der Waals surface area contributed by atoms with Crippen molar-refractivity contribution in [2.45, 2.75) is 6.92 Å². The minimum Gasteiger partial charge on any atom is -0.454 e. The molecule has 6 nitrogen and oxygen atoms in total. The summed E-state index contributed by atoms with van der Waals surface area (Å²) in [6, 6.07) is 13.4. The Morgan fingerprint density at radius 1 is 1.00 bits per heavy atom. The molecule has 2 amide bonds. The molecule has 0 spiro atoms. The molecule has 0 bridgehead atoms. The smallest absolute Gasteiger partial charge is 0.325 e. The van der Waals surface area contributed by atoms with Gasteiger partial charge in [-0.1, -0.05) is 29.3 Å². The highest BCUT2D eigenvalue weighted by molar-refractivity contribution is 6.30. The van der Waals surface area contributed by atoms with Crippen molar-refractivity contribution in [3.05, 3.63) is 64.7 Å². The summed E-state index contributed by atoms with van der Waals surface area (Å²) in [4.78, 5) is 35.1. The summed E-state index contributed by atoms with van der Waals surface area (Å²) in [6.07, 6.45) is 0. The predicted molar refractivity (Wildman–Crippen MR) is 94.6 cm³/mol. The number of ether oxygens (including phenoxy) is 1. The Labute approximate surface area is 150 Å². The number of anilines is 1. The average molecular weight is 361 g/mol. The highest BCUT2D eigenvalue weighted by atomic mass is 35.5. The molecular weight excluding hydrogens is 344 g/mol. The lowest BCUT2D eigenvalue weighted by Crippen LogP contribution is -2.32. The van der Waals surface area contributed by atoms with E-state index in [9.17, 15) is 14.4 Å². The van der Waals surface area contributed by atoms with Gasteiger partial charge in [0.25, 0.3) is 11.8 Å². The van der Waals surface area contributed by atoms with Gasteiger partial charge >= 0.3 is 5.97 Å². The van der Waals surface area contributed by atoms with Crippen LogP contribution in [0.3, 0.4) is 0 Å². The molecule has 25 heavy (non-hydrogen) atoms. The second kappa shape index (κ2) is 8.84. The average Bonchev–Trinajstić information content (AvgIpc) is 2.60. The first-order valence-electron chi connectivity index (χ1n) is 7.50. The maximum absolute atomic E-state index is 11.8. The van der Waals surface area contributed by atoms with Crippen molar-refractivity contribution in [3.8, 4) is 0 Å². The summed E-state index contributed by atoms with van der Waals surface area (Å²) in [5, 5.41) is 5.52. The highest BCUT2D eigenvalue weighted by Gasteiger charge is 2.11. The van der Waals surface area contributed by atoms with Gasteiger partial charge < -0.3 is 15.4 Å². The molecule has 0 aromatic heterocycles. The van der Waals surface area contributed by atoms with Crippen LogP contribution in [0, 0.1) is 6.92 Å². The monoisotopic (exact) mass is 360 g/mol. The maximum atomic E-state index is 11.8. The number of aryl methyl sites for hydroxylation is 1. The number of rotatable bonds is 6. The van der Waals surface area contributed by atoms with Crippen molar-refractivity contribution < 1.29 is 19.1 Å². The number of hydrogen-bond donors (Lipinski definition) is 2. The predicted octanol–water partition coefficient (Wildman–Crippen LogP) is 2.56. The van der Waals surface area contributed by atoms with Crippen LogP contribution in [-0.2, 0) is 14.3 Å². The molecule has 130 valence electrons. The molecule has 0 saturated heterocycles. The number of benzene rings is 2. The van der Waals surface area contributed by atoms with Crippen molar-refractivity contribution in [2.75, 3.05) is 18.5 Å². The molecule has 0 radical (unpaired) electrons.